The molecule has 0 unspecified atom stereocenters. The minimum atomic E-state index is -3.70. The molecule has 0 fully saturated rings. The third-order valence-corrected chi connectivity index (χ3v) is 4.50. The second kappa shape index (κ2) is 6.29. The van der Waals surface area contributed by atoms with Gasteiger partial charge < -0.3 is 5.32 Å². The topological polar surface area (TPSA) is 115 Å². The maximum atomic E-state index is 12.0. The van der Waals surface area contributed by atoms with E-state index in [1.165, 1.54) is 12.1 Å². The van der Waals surface area contributed by atoms with E-state index in [0.29, 0.717) is 17.0 Å². The van der Waals surface area contributed by atoms with Crippen LogP contribution in [0.25, 0.3) is 0 Å². The van der Waals surface area contributed by atoms with E-state index in [1.807, 2.05) is 6.92 Å². The summed E-state index contributed by atoms with van der Waals surface area (Å²) in [5.74, 6) is -0.239. The Morgan fingerprint density at radius 2 is 2.00 bits per heavy atom. The quantitative estimate of drug-likeness (QED) is 0.838. The number of benzene rings is 1. The van der Waals surface area contributed by atoms with Crippen molar-refractivity contribution in [2.45, 2.75) is 24.8 Å². The zero-order valence-electron chi connectivity index (χ0n) is 11.2. The predicted molar refractivity (Wildman–Crippen MR) is 78.3 cm³/mol. The molecule has 3 N–H and O–H groups in total. The fourth-order valence-electron chi connectivity index (χ4n) is 1.67. The molecule has 0 saturated heterocycles. The third-order valence-electron chi connectivity index (χ3n) is 2.80. The average Bonchev–Trinajstić information content (AvgIpc) is 2.92. The smallest absolute Gasteiger partial charge is 0.265 e. The minimum Gasteiger partial charge on any atom is -0.347 e. The van der Waals surface area contributed by atoms with Crippen LogP contribution in [0.2, 0.25) is 0 Å². The fourth-order valence-corrected chi connectivity index (χ4v) is 2.85. The van der Waals surface area contributed by atoms with Crippen molar-refractivity contribution < 1.29 is 13.2 Å². The Bertz CT molecular complexity index is 738. The second-order valence-corrected chi connectivity index (χ2v) is 6.59. The van der Waals surface area contributed by atoms with Crippen LogP contribution in [-0.4, -0.2) is 23.9 Å². The summed E-state index contributed by atoms with van der Waals surface area (Å²) in [5.41, 5.74) is 1.44. The van der Waals surface area contributed by atoms with Gasteiger partial charge in [0.2, 0.25) is 10.0 Å². The highest BCUT2D eigenvalue weighted by Crippen LogP contribution is 2.12. The van der Waals surface area contributed by atoms with Crippen LogP contribution in [0.1, 0.15) is 27.9 Å². The molecule has 1 aromatic heterocycles. The first kappa shape index (κ1) is 15.5. The van der Waals surface area contributed by atoms with Gasteiger partial charge in [0.1, 0.15) is 4.88 Å². The van der Waals surface area contributed by atoms with Crippen LogP contribution < -0.4 is 10.5 Å². The Balaban J connectivity index is 2.02. The van der Waals surface area contributed by atoms with Crippen molar-refractivity contribution in [2.24, 2.45) is 5.14 Å². The van der Waals surface area contributed by atoms with Gasteiger partial charge in [0.25, 0.3) is 5.91 Å². The van der Waals surface area contributed by atoms with E-state index in [0.717, 1.165) is 17.1 Å². The zero-order chi connectivity index (χ0) is 15.5. The summed E-state index contributed by atoms with van der Waals surface area (Å²) in [6, 6.07) is 6.02. The molecular weight excluding hydrogens is 312 g/mol. The lowest BCUT2D eigenvalue weighted by atomic mass is 10.2. The van der Waals surface area contributed by atoms with E-state index < -0.39 is 10.0 Å². The van der Waals surface area contributed by atoms with Crippen LogP contribution in [0.3, 0.4) is 0 Å². The molecule has 0 radical (unpaired) electrons. The molecule has 0 atom stereocenters. The average molecular weight is 326 g/mol. The van der Waals surface area contributed by atoms with Crippen molar-refractivity contribution >= 4 is 27.5 Å². The number of aryl methyl sites for hydroxylation is 1. The van der Waals surface area contributed by atoms with Crippen molar-refractivity contribution in [1.29, 1.82) is 0 Å². The maximum Gasteiger partial charge on any atom is 0.265 e. The Morgan fingerprint density at radius 3 is 2.57 bits per heavy atom. The predicted octanol–water partition coefficient (Wildman–Crippen LogP) is 0.678. The molecule has 9 heteroatoms. The number of nitrogens with one attached hydrogen (secondary N) is 1. The molecule has 0 aliphatic carbocycles. The summed E-state index contributed by atoms with van der Waals surface area (Å²) in [7, 11) is -3.70. The standard InChI is InChI=1S/C12H14N4O3S2/c1-2-10-11(20-16-15-10)12(17)14-7-8-3-5-9(6-4-8)21(13,18)19/h3-6H,2,7H2,1H3,(H,14,17)(H2,13,18,19). The van der Waals surface area contributed by atoms with Crippen LogP contribution in [0.5, 0.6) is 0 Å². The Morgan fingerprint density at radius 1 is 1.33 bits per heavy atom. The third kappa shape index (κ3) is 3.84. The maximum absolute atomic E-state index is 12.0. The van der Waals surface area contributed by atoms with E-state index in [1.54, 1.807) is 12.1 Å². The van der Waals surface area contributed by atoms with Crippen molar-refractivity contribution in [3.8, 4) is 0 Å². The first-order valence-electron chi connectivity index (χ1n) is 6.13. The highest BCUT2D eigenvalue weighted by atomic mass is 32.2. The minimum absolute atomic E-state index is 0.0394. The number of hydrogen-bond acceptors (Lipinski definition) is 6. The van der Waals surface area contributed by atoms with Crippen molar-refractivity contribution in [1.82, 2.24) is 14.9 Å². The molecule has 1 heterocycles. The van der Waals surface area contributed by atoms with E-state index in [-0.39, 0.29) is 17.3 Å². The van der Waals surface area contributed by atoms with E-state index in [9.17, 15) is 13.2 Å². The molecule has 112 valence electrons. The normalized spacial score (nSPS) is 11.3. The lowest BCUT2D eigenvalue weighted by molar-refractivity contribution is 0.0954. The molecule has 0 saturated carbocycles. The van der Waals surface area contributed by atoms with Gasteiger partial charge >= 0.3 is 0 Å². The van der Waals surface area contributed by atoms with Crippen LogP contribution >= 0.6 is 11.5 Å². The second-order valence-electron chi connectivity index (χ2n) is 4.27. The van der Waals surface area contributed by atoms with Crippen LogP contribution in [0, 0.1) is 0 Å². The lowest BCUT2D eigenvalue weighted by Crippen LogP contribution is -2.23. The first-order valence-corrected chi connectivity index (χ1v) is 8.45. The van der Waals surface area contributed by atoms with Crippen molar-refractivity contribution in [2.75, 3.05) is 0 Å². The molecule has 1 amide bonds. The number of rotatable bonds is 5. The molecular formula is C12H14N4O3S2. The first-order chi connectivity index (χ1) is 9.91. The molecule has 1 aromatic carbocycles. The molecule has 0 spiro atoms. The van der Waals surface area contributed by atoms with Gasteiger partial charge in [0, 0.05) is 6.54 Å². The van der Waals surface area contributed by atoms with Crippen LogP contribution in [0.15, 0.2) is 29.2 Å². The summed E-state index contributed by atoms with van der Waals surface area (Å²) in [6.07, 6.45) is 0.641. The molecule has 0 bridgehead atoms. The lowest BCUT2D eigenvalue weighted by Gasteiger charge is -2.05. The Hall–Kier alpha value is -1.84. The number of carbonyl (C=O) groups excluding carboxylic acids is 1. The number of primary sulfonamides is 1. The Kier molecular flexibility index (Phi) is 4.66. The number of aromatic nitrogens is 2. The van der Waals surface area contributed by atoms with Crippen LogP contribution in [0.4, 0.5) is 0 Å². The number of nitrogens with two attached hydrogens (primary N) is 1. The van der Waals surface area contributed by atoms with Gasteiger partial charge in [-0.05, 0) is 35.6 Å². The van der Waals surface area contributed by atoms with E-state index in [2.05, 4.69) is 14.9 Å². The van der Waals surface area contributed by atoms with E-state index >= 15 is 0 Å². The highest BCUT2D eigenvalue weighted by molar-refractivity contribution is 7.89. The monoisotopic (exact) mass is 326 g/mol. The van der Waals surface area contributed by atoms with E-state index in [4.69, 9.17) is 5.14 Å². The molecule has 0 aliphatic rings. The molecule has 7 nitrogen and oxygen atoms in total. The highest BCUT2D eigenvalue weighted by Gasteiger charge is 2.14. The summed E-state index contributed by atoms with van der Waals surface area (Å²) < 4.78 is 26.0. The zero-order valence-corrected chi connectivity index (χ0v) is 12.9. The number of hydrogen-bond donors (Lipinski definition) is 2. The summed E-state index contributed by atoms with van der Waals surface area (Å²) in [6.45, 7) is 2.18. The fraction of sp³-hybridized carbons (Fsp3) is 0.250. The molecule has 0 aliphatic heterocycles. The van der Waals surface area contributed by atoms with Gasteiger partial charge in [-0.2, -0.15) is 0 Å². The number of sulfonamides is 1. The summed E-state index contributed by atoms with van der Waals surface area (Å²) in [4.78, 5) is 12.5. The SMILES string of the molecule is CCc1nnsc1C(=O)NCc1ccc(S(N)(=O)=O)cc1. The van der Waals surface area contributed by atoms with Crippen molar-refractivity contribution in [3.63, 3.8) is 0 Å². The molecule has 2 rings (SSSR count). The van der Waals surface area contributed by atoms with Crippen molar-refractivity contribution in [3.05, 3.63) is 40.4 Å². The van der Waals surface area contributed by atoms with Gasteiger partial charge in [0.15, 0.2) is 0 Å². The van der Waals surface area contributed by atoms with Gasteiger partial charge in [0.05, 0.1) is 10.6 Å². The van der Waals surface area contributed by atoms with Gasteiger partial charge in [-0.25, -0.2) is 13.6 Å². The van der Waals surface area contributed by atoms with Gasteiger partial charge in [-0.3, -0.25) is 4.79 Å². The van der Waals surface area contributed by atoms with Gasteiger partial charge in [-0.15, -0.1) is 5.10 Å². The summed E-state index contributed by atoms with van der Waals surface area (Å²) in [5, 5.41) is 11.6. The largest absolute Gasteiger partial charge is 0.347 e. The van der Waals surface area contributed by atoms with Gasteiger partial charge in [-0.1, -0.05) is 23.5 Å². The molecule has 21 heavy (non-hydrogen) atoms. The number of nitrogens with zero attached hydrogens (tertiary/aromatic N) is 2. The Labute approximate surface area is 126 Å². The number of amides is 1. The number of carbonyl (C=O) groups is 1. The van der Waals surface area contributed by atoms with Crippen LogP contribution in [-0.2, 0) is 23.0 Å². The summed E-state index contributed by atoms with van der Waals surface area (Å²) >= 11 is 1.05. The molecule has 2 aromatic rings.